The van der Waals surface area contributed by atoms with E-state index in [1.165, 1.54) is 15.0 Å². The molecule has 1 unspecified atom stereocenters. The Hall–Kier alpha value is -3.00. The summed E-state index contributed by atoms with van der Waals surface area (Å²) in [5, 5.41) is 11.5. The van der Waals surface area contributed by atoms with Gasteiger partial charge in [-0.2, -0.15) is 0 Å². The summed E-state index contributed by atoms with van der Waals surface area (Å²) >= 11 is 0. The van der Waals surface area contributed by atoms with Gasteiger partial charge in [-0.25, -0.2) is 4.98 Å². The summed E-state index contributed by atoms with van der Waals surface area (Å²) in [6.45, 7) is 2.99. The van der Waals surface area contributed by atoms with E-state index in [2.05, 4.69) is 10.3 Å². The SMILES string of the molecule is Cc1cccn2c(=O)c3cc(C(=O)NCC4CCCO4)c(=N)n(C)c3nc12. The first-order valence-corrected chi connectivity index (χ1v) is 8.93. The number of aromatic nitrogens is 3. The lowest BCUT2D eigenvalue weighted by Crippen LogP contribution is -2.37. The number of carbonyl (C=O) groups is 1. The molecule has 8 heteroatoms. The van der Waals surface area contributed by atoms with Crippen molar-refractivity contribution in [3.8, 4) is 0 Å². The summed E-state index contributed by atoms with van der Waals surface area (Å²) in [4.78, 5) is 30.1. The molecule has 27 heavy (non-hydrogen) atoms. The number of amides is 1. The Morgan fingerprint density at radius 1 is 1.44 bits per heavy atom. The molecule has 140 valence electrons. The van der Waals surface area contributed by atoms with Gasteiger partial charge in [-0.1, -0.05) is 6.07 Å². The van der Waals surface area contributed by atoms with E-state index >= 15 is 0 Å². The number of fused-ring (bicyclic) bond motifs is 2. The van der Waals surface area contributed by atoms with Gasteiger partial charge in [-0.05, 0) is 37.5 Å². The first-order chi connectivity index (χ1) is 13.0. The predicted molar refractivity (Wildman–Crippen MR) is 99.8 cm³/mol. The van der Waals surface area contributed by atoms with Gasteiger partial charge in [0, 0.05) is 26.4 Å². The van der Waals surface area contributed by atoms with Crippen molar-refractivity contribution in [3.05, 3.63) is 51.4 Å². The molecule has 8 nitrogen and oxygen atoms in total. The highest BCUT2D eigenvalue weighted by molar-refractivity contribution is 5.96. The molecule has 1 saturated heterocycles. The van der Waals surface area contributed by atoms with Crippen LogP contribution in [0.25, 0.3) is 16.7 Å². The lowest BCUT2D eigenvalue weighted by molar-refractivity contribution is 0.0856. The molecule has 0 saturated carbocycles. The molecule has 1 aliphatic rings. The van der Waals surface area contributed by atoms with Gasteiger partial charge in [0.1, 0.15) is 16.8 Å². The molecule has 3 aromatic heterocycles. The second kappa shape index (κ2) is 6.62. The summed E-state index contributed by atoms with van der Waals surface area (Å²) in [6.07, 6.45) is 3.57. The van der Waals surface area contributed by atoms with Crippen molar-refractivity contribution in [2.75, 3.05) is 13.2 Å². The van der Waals surface area contributed by atoms with Gasteiger partial charge in [-0.15, -0.1) is 0 Å². The lowest BCUT2D eigenvalue weighted by atomic mass is 10.2. The van der Waals surface area contributed by atoms with Gasteiger partial charge in [0.15, 0.2) is 0 Å². The van der Waals surface area contributed by atoms with E-state index in [1.54, 1.807) is 19.3 Å². The summed E-state index contributed by atoms with van der Waals surface area (Å²) in [5.41, 5.74) is 1.69. The molecule has 4 heterocycles. The summed E-state index contributed by atoms with van der Waals surface area (Å²) in [7, 11) is 1.64. The molecule has 0 radical (unpaired) electrons. The molecule has 4 rings (SSSR count). The number of ether oxygens (including phenoxy) is 1. The molecule has 1 aliphatic heterocycles. The Morgan fingerprint density at radius 3 is 3.00 bits per heavy atom. The number of nitrogens with one attached hydrogen (secondary N) is 2. The van der Waals surface area contributed by atoms with Crippen LogP contribution in [0.15, 0.2) is 29.2 Å². The van der Waals surface area contributed by atoms with Crippen LogP contribution in [0.5, 0.6) is 0 Å². The molecular formula is C19H21N5O3. The fourth-order valence-electron chi connectivity index (χ4n) is 3.46. The molecule has 0 spiro atoms. The van der Waals surface area contributed by atoms with Crippen molar-refractivity contribution in [3.63, 3.8) is 0 Å². The van der Waals surface area contributed by atoms with Crippen molar-refractivity contribution in [1.82, 2.24) is 19.3 Å². The zero-order valence-corrected chi connectivity index (χ0v) is 15.3. The van der Waals surface area contributed by atoms with Crippen molar-refractivity contribution in [2.45, 2.75) is 25.9 Å². The third kappa shape index (κ3) is 2.91. The minimum Gasteiger partial charge on any atom is -0.376 e. The topological polar surface area (TPSA) is 101 Å². The number of hydrogen-bond acceptors (Lipinski definition) is 5. The third-order valence-electron chi connectivity index (χ3n) is 5.02. The van der Waals surface area contributed by atoms with Crippen LogP contribution < -0.4 is 16.4 Å². The van der Waals surface area contributed by atoms with Gasteiger partial charge < -0.3 is 14.6 Å². The largest absolute Gasteiger partial charge is 0.376 e. The van der Waals surface area contributed by atoms with Crippen LogP contribution in [0, 0.1) is 12.3 Å². The zero-order valence-electron chi connectivity index (χ0n) is 15.3. The maximum atomic E-state index is 12.9. The van der Waals surface area contributed by atoms with E-state index in [-0.39, 0.29) is 28.6 Å². The second-order valence-electron chi connectivity index (χ2n) is 6.85. The first-order valence-electron chi connectivity index (χ1n) is 8.93. The summed E-state index contributed by atoms with van der Waals surface area (Å²) in [6, 6.07) is 5.13. The highest BCUT2D eigenvalue weighted by Gasteiger charge is 2.19. The maximum absolute atomic E-state index is 12.9. The van der Waals surface area contributed by atoms with E-state index in [0.717, 1.165) is 18.4 Å². The highest BCUT2D eigenvalue weighted by atomic mass is 16.5. The Morgan fingerprint density at radius 2 is 2.26 bits per heavy atom. The Bertz CT molecular complexity index is 1170. The molecule has 1 atom stereocenters. The quantitative estimate of drug-likeness (QED) is 0.671. The zero-order chi connectivity index (χ0) is 19.1. The summed E-state index contributed by atoms with van der Waals surface area (Å²) < 4.78 is 8.46. The number of carbonyl (C=O) groups excluding carboxylic acids is 1. The standard InChI is InChI=1S/C19H21N5O3/c1-11-5-3-7-24-16(11)22-17-14(19(24)26)9-13(15(20)23(17)2)18(25)21-10-12-6-4-8-27-12/h3,5,7,9,12,20H,4,6,8,10H2,1-2H3,(H,21,25). The third-order valence-corrected chi connectivity index (χ3v) is 5.02. The molecule has 3 aromatic rings. The fourth-order valence-corrected chi connectivity index (χ4v) is 3.46. The van der Waals surface area contributed by atoms with E-state index in [1.807, 2.05) is 13.0 Å². The fraction of sp³-hybridized carbons (Fsp3) is 0.368. The smallest absolute Gasteiger partial charge is 0.267 e. The number of hydrogen-bond donors (Lipinski definition) is 2. The minimum absolute atomic E-state index is 0.0107. The highest BCUT2D eigenvalue weighted by Crippen LogP contribution is 2.13. The van der Waals surface area contributed by atoms with Gasteiger partial charge in [0.25, 0.3) is 11.5 Å². The van der Waals surface area contributed by atoms with Crippen LogP contribution in [-0.4, -0.2) is 39.1 Å². The molecule has 2 N–H and O–H groups in total. The molecule has 0 aliphatic carbocycles. The number of nitrogens with zero attached hydrogens (tertiary/aromatic N) is 3. The van der Waals surface area contributed by atoms with Gasteiger partial charge in [-0.3, -0.25) is 19.4 Å². The van der Waals surface area contributed by atoms with Crippen LogP contribution in [0.4, 0.5) is 0 Å². The van der Waals surface area contributed by atoms with Gasteiger partial charge in [0.2, 0.25) is 0 Å². The van der Waals surface area contributed by atoms with Crippen molar-refractivity contribution in [2.24, 2.45) is 7.05 Å². The molecule has 1 amide bonds. The van der Waals surface area contributed by atoms with Crippen molar-refractivity contribution < 1.29 is 9.53 Å². The van der Waals surface area contributed by atoms with E-state index in [4.69, 9.17) is 10.1 Å². The Kier molecular flexibility index (Phi) is 4.27. The van der Waals surface area contributed by atoms with Crippen LogP contribution in [0.3, 0.4) is 0 Å². The number of pyridine rings is 2. The second-order valence-corrected chi connectivity index (χ2v) is 6.85. The normalized spacial score (nSPS) is 16.9. The van der Waals surface area contributed by atoms with Crippen LogP contribution in [0.1, 0.15) is 28.8 Å². The van der Waals surface area contributed by atoms with Gasteiger partial charge in [0.05, 0.1) is 17.1 Å². The van der Waals surface area contributed by atoms with E-state index in [9.17, 15) is 9.59 Å². The number of aryl methyl sites for hydroxylation is 2. The van der Waals surface area contributed by atoms with Crippen molar-refractivity contribution >= 4 is 22.6 Å². The molecular weight excluding hydrogens is 346 g/mol. The van der Waals surface area contributed by atoms with Gasteiger partial charge >= 0.3 is 0 Å². The van der Waals surface area contributed by atoms with Crippen LogP contribution in [-0.2, 0) is 11.8 Å². The lowest BCUT2D eigenvalue weighted by Gasteiger charge is -2.13. The number of rotatable bonds is 3. The van der Waals surface area contributed by atoms with Crippen molar-refractivity contribution in [1.29, 1.82) is 5.41 Å². The van der Waals surface area contributed by atoms with Crippen LogP contribution >= 0.6 is 0 Å². The van der Waals surface area contributed by atoms with E-state index < -0.39 is 0 Å². The Labute approximate surface area is 154 Å². The van der Waals surface area contributed by atoms with E-state index in [0.29, 0.717) is 29.8 Å². The summed E-state index contributed by atoms with van der Waals surface area (Å²) in [5.74, 6) is -0.387. The van der Waals surface area contributed by atoms with Crippen LogP contribution in [0.2, 0.25) is 0 Å². The first kappa shape index (κ1) is 17.4. The maximum Gasteiger partial charge on any atom is 0.267 e. The monoisotopic (exact) mass is 367 g/mol. The molecule has 1 fully saturated rings. The average Bonchev–Trinajstić information content (AvgIpc) is 3.18. The minimum atomic E-state index is -0.387. The average molecular weight is 367 g/mol. The molecule has 0 bridgehead atoms. The predicted octanol–water partition coefficient (Wildman–Crippen LogP) is 0.883. The Balaban J connectivity index is 1.83. The molecule has 0 aromatic carbocycles.